The molecule has 6 rings (SSSR count). The highest BCUT2D eigenvalue weighted by Gasteiger charge is 2.39. The average Bonchev–Trinajstić information content (AvgIpc) is 3.54. The number of halogens is 6. The molecule has 5 aromatic rings. The van der Waals surface area contributed by atoms with Crippen molar-refractivity contribution in [2.45, 2.75) is 41.9 Å². The Kier molecular flexibility index (Phi) is 14.1. The van der Waals surface area contributed by atoms with E-state index < -0.39 is 24.3 Å². The summed E-state index contributed by atoms with van der Waals surface area (Å²) in [5, 5.41) is 22.1. The monoisotopic (exact) mass is 768 g/mol. The molecule has 19 heteroatoms. The zero-order valence-corrected chi connectivity index (χ0v) is 28.4. The first kappa shape index (κ1) is 39.8. The molecule has 0 aliphatic carbocycles. The number of anilines is 2. The van der Waals surface area contributed by atoms with Gasteiger partial charge in [0, 0.05) is 23.5 Å². The normalized spacial score (nSPS) is 13.9. The number of carboxylic acids is 2. The molecular weight excluding hydrogens is 739 g/mol. The van der Waals surface area contributed by atoms with Crippen LogP contribution >= 0.6 is 23.1 Å². The van der Waals surface area contributed by atoms with Gasteiger partial charge in [0.15, 0.2) is 16.7 Å². The predicted octanol–water partition coefficient (Wildman–Crippen LogP) is 7.90. The van der Waals surface area contributed by atoms with Crippen molar-refractivity contribution in [3.8, 4) is 5.75 Å². The summed E-state index contributed by atoms with van der Waals surface area (Å²) in [5.41, 5.74) is 3.07. The summed E-state index contributed by atoms with van der Waals surface area (Å²) in [7, 11) is 0. The summed E-state index contributed by atoms with van der Waals surface area (Å²) >= 11 is 3.32. The minimum atomic E-state index is -5.08. The van der Waals surface area contributed by atoms with E-state index >= 15 is 0 Å². The van der Waals surface area contributed by atoms with Gasteiger partial charge in [-0.15, -0.1) is 11.8 Å². The molecule has 0 spiro atoms. The van der Waals surface area contributed by atoms with Crippen LogP contribution in [0.5, 0.6) is 5.75 Å². The molecule has 0 radical (unpaired) electrons. The first-order valence-corrected chi connectivity index (χ1v) is 16.9. The Labute approximate surface area is 300 Å². The number of piperidine rings is 1. The fourth-order valence-electron chi connectivity index (χ4n) is 4.59. The number of alkyl halides is 6. The molecule has 0 bridgehead atoms. The molecule has 4 aromatic heterocycles. The zero-order valence-electron chi connectivity index (χ0n) is 26.8. The number of fused-ring (bicyclic) bond motifs is 1. The van der Waals surface area contributed by atoms with Gasteiger partial charge in [0.05, 0.1) is 10.9 Å². The Balaban J connectivity index is 0.000000367. The third-order valence-electron chi connectivity index (χ3n) is 7.00. The molecule has 0 saturated carbocycles. The van der Waals surface area contributed by atoms with Crippen molar-refractivity contribution < 1.29 is 50.9 Å². The summed E-state index contributed by atoms with van der Waals surface area (Å²) in [4.78, 5) is 38.3. The molecule has 11 nitrogen and oxygen atoms in total. The van der Waals surface area contributed by atoms with Crippen LogP contribution in [0, 0.1) is 5.92 Å². The summed E-state index contributed by atoms with van der Waals surface area (Å²) in [6.07, 6.45) is -2.32. The minimum absolute atomic E-state index is 0.246. The molecule has 1 fully saturated rings. The van der Waals surface area contributed by atoms with Gasteiger partial charge in [-0.2, -0.15) is 26.3 Å². The largest absolute Gasteiger partial charge is 0.490 e. The number of nitrogens with zero attached hydrogens (tertiary/aromatic N) is 4. The molecule has 0 amide bonds. The van der Waals surface area contributed by atoms with E-state index in [1.54, 1.807) is 6.20 Å². The van der Waals surface area contributed by atoms with Gasteiger partial charge >= 0.3 is 24.3 Å². The van der Waals surface area contributed by atoms with E-state index in [2.05, 4.69) is 50.9 Å². The number of thiazole rings is 1. The molecule has 5 heterocycles. The number of rotatable bonds is 9. The maximum absolute atomic E-state index is 10.6. The van der Waals surface area contributed by atoms with E-state index in [1.807, 2.05) is 60.6 Å². The number of hydrogen-bond acceptors (Lipinski definition) is 11. The van der Waals surface area contributed by atoms with Crippen LogP contribution in [-0.2, 0) is 16.2 Å². The van der Waals surface area contributed by atoms with Gasteiger partial charge in [-0.3, -0.25) is 4.98 Å². The van der Waals surface area contributed by atoms with Gasteiger partial charge in [0.25, 0.3) is 0 Å². The number of ether oxygens (including phenoxy) is 1. The highest BCUT2D eigenvalue weighted by molar-refractivity contribution is 7.99. The third kappa shape index (κ3) is 12.3. The number of hydrogen-bond donors (Lipinski definition) is 4. The van der Waals surface area contributed by atoms with Crippen LogP contribution in [0.1, 0.15) is 29.3 Å². The molecule has 1 aromatic carbocycles. The van der Waals surface area contributed by atoms with Gasteiger partial charge in [-0.25, -0.2) is 24.5 Å². The number of thioether (sulfide) groups is 1. The lowest BCUT2D eigenvalue weighted by Crippen LogP contribution is -2.30. The van der Waals surface area contributed by atoms with Crippen LogP contribution in [-0.4, -0.2) is 67.5 Å². The van der Waals surface area contributed by atoms with E-state index in [1.165, 1.54) is 11.3 Å². The van der Waals surface area contributed by atoms with Crippen molar-refractivity contribution in [3.63, 3.8) is 0 Å². The maximum atomic E-state index is 10.6. The lowest BCUT2D eigenvalue weighted by Gasteiger charge is -2.30. The SMILES string of the molecule is O=C(O)C(F)(F)F.O=C(O)C(F)(F)F.c1ccc(COc2cc(SC(c3ccccn3)C3CCNCC3)cnc2Nc2nc3cccnc3s2)cc1. The van der Waals surface area contributed by atoms with E-state index in [9.17, 15) is 26.3 Å². The first-order chi connectivity index (χ1) is 24.7. The average molecular weight is 769 g/mol. The van der Waals surface area contributed by atoms with E-state index in [0.717, 1.165) is 57.6 Å². The number of aliphatic carboxylic acids is 2. The smallest absolute Gasteiger partial charge is 0.485 e. The number of benzene rings is 1. The Morgan fingerprint density at radius 2 is 1.54 bits per heavy atom. The fraction of sp³-hybridized carbons (Fsp3) is 0.273. The van der Waals surface area contributed by atoms with Crippen LogP contribution < -0.4 is 15.4 Å². The van der Waals surface area contributed by atoms with Crippen molar-refractivity contribution in [1.29, 1.82) is 0 Å². The maximum Gasteiger partial charge on any atom is 0.490 e. The Morgan fingerprint density at radius 3 is 2.13 bits per heavy atom. The van der Waals surface area contributed by atoms with Crippen LogP contribution in [0.25, 0.3) is 10.3 Å². The zero-order chi connectivity index (χ0) is 37.7. The Hall–Kier alpha value is -5.01. The van der Waals surface area contributed by atoms with Gasteiger partial charge in [-0.1, -0.05) is 47.7 Å². The van der Waals surface area contributed by atoms with E-state index in [4.69, 9.17) is 34.5 Å². The summed E-state index contributed by atoms with van der Waals surface area (Å²) in [5.74, 6) is -3.64. The molecule has 4 N–H and O–H groups in total. The number of aromatic nitrogens is 4. The minimum Gasteiger partial charge on any atom is -0.485 e. The van der Waals surface area contributed by atoms with Gasteiger partial charge in [-0.05, 0) is 67.7 Å². The summed E-state index contributed by atoms with van der Waals surface area (Å²) in [6, 6.07) is 22.3. The second-order valence-corrected chi connectivity index (χ2v) is 12.9. The topological polar surface area (TPSA) is 159 Å². The number of pyridine rings is 3. The van der Waals surface area contributed by atoms with Gasteiger partial charge in [0.2, 0.25) is 0 Å². The second kappa shape index (κ2) is 18.5. The van der Waals surface area contributed by atoms with Crippen molar-refractivity contribution >= 4 is 56.3 Å². The fourth-order valence-corrected chi connectivity index (χ4v) is 6.70. The van der Waals surface area contributed by atoms with Crippen LogP contribution in [0.15, 0.2) is 90.2 Å². The Morgan fingerprint density at radius 1 is 0.904 bits per heavy atom. The van der Waals surface area contributed by atoms with Gasteiger partial charge in [0.1, 0.15) is 17.0 Å². The molecular formula is C33H30F6N6O5S2. The first-order valence-electron chi connectivity index (χ1n) is 15.2. The molecule has 1 saturated heterocycles. The standard InChI is InChI=1S/C29H28N6OS2.2C2HF3O2/c1-2-7-20(8-3-1)19-36-25-17-22(18-33-27(25)35-29-34-24-10-6-14-32-28(24)38-29)37-26(21-11-15-30-16-12-21)23-9-4-5-13-31-23;2*3-2(4,5)1(6)7/h1-10,13-14,17-18,21,26,30H,11-12,15-16,19H2,(H,33,34,35);2*(H,6,7). The van der Waals surface area contributed by atoms with Crippen molar-refractivity contribution in [2.75, 3.05) is 18.4 Å². The van der Waals surface area contributed by atoms with Crippen LogP contribution in [0.3, 0.4) is 0 Å². The second-order valence-electron chi connectivity index (χ2n) is 10.8. The number of carbonyl (C=O) groups is 2. The van der Waals surface area contributed by atoms with Crippen molar-refractivity contribution in [2.24, 2.45) is 5.92 Å². The van der Waals surface area contributed by atoms with Crippen molar-refractivity contribution in [3.05, 3.63) is 96.6 Å². The predicted molar refractivity (Wildman–Crippen MR) is 182 cm³/mol. The number of carboxylic acid groups (broad SMARTS) is 2. The van der Waals surface area contributed by atoms with Crippen LogP contribution in [0.2, 0.25) is 0 Å². The van der Waals surface area contributed by atoms with Gasteiger partial charge < -0.3 is 25.6 Å². The molecule has 1 unspecified atom stereocenters. The quantitative estimate of drug-likeness (QED) is 0.0850. The summed E-state index contributed by atoms with van der Waals surface area (Å²) < 4.78 is 69.8. The lowest BCUT2D eigenvalue weighted by atomic mass is 9.92. The molecule has 276 valence electrons. The highest BCUT2D eigenvalue weighted by Crippen LogP contribution is 2.44. The van der Waals surface area contributed by atoms with Crippen LogP contribution in [0.4, 0.5) is 37.3 Å². The highest BCUT2D eigenvalue weighted by atomic mass is 32.2. The molecule has 1 aliphatic heterocycles. The molecule has 1 aliphatic rings. The van der Waals surface area contributed by atoms with E-state index in [-0.39, 0.29) is 5.25 Å². The lowest BCUT2D eigenvalue weighted by molar-refractivity contribution is -0.193. The number of nitrogens with one attached hydrogen (secondary N) is 2. The molecule has 1 atom stereocenters. The van der Waals surface area contributed by atoms with Crippen molar-refractivity contribution in [1.82, 2.24) is 25.3 Å². The van der Waals surface area contributed by atoms with E-state index in [0.29, 0.717) is 24.1 Å². The third-order valence-corrected chi connectivity index (χ3v) is 9.27. The summed E-state index contributed by atoms with van der Waals surface area (Å²) in [6.45, 7) is 2.53. The Bertz CT molecular complexity index is 1840. The molecule has 52 heavy (non-hydrogen) atoms.